The standard InChI is InChI=1S/C22H33N5O/c1-15-12-23-26(5)21(15)19-6-7-20(25-24-19)28-18-10-16-13-27(14-17(16)11-18)9-8-22(2,3)4/h6-7,12,16-18H,8-11,13-14H2,1-5H3/t16-,17+,18-. The van der Waals surface area contributed by atoms with Crippen LogP contribution in [-0.2, 0) is 7.05 Å². The van der Waals surface area contributed by atoms with E-state index in [1.807, 2.05) is 37.0 Å². The van der Waals surface area contributed by atoms with E-state index in [0.717, 1.165) is 41.6 Å². The van der Waals surface area contributed by atoms with Gasteiger partial charge in [0, 0.05) is 26.2 Å². The van der Waals surface area contributed by atoms with Gasteiger partial charge in [0.2, 0.25) is 5.88 Å². The van der Waals surface area contributed by atoms with Crippen molar-refractivity contribution in [3.05, 3.63) is 23.9 Å². The molecule has 0 aromatic carbocycles. The number of rotatable bonds is 5. The first-order valence-electron chi connectivity index (χ1n) is 10.5. The molecule has 6 heteroatoms. The summed E-state index contributed by atoms with van der Waals surface area (Å²) >= 11 is 0. The second kappa shape index (κ2) is 7.47. The maximum absolute atomic E-state index is 6.18. The van der Waals surface area contributed by atoms with Crippen molar-refractivity contribution in [2.75, 3.05) is 19.6 Å². The lowest BCUT2D eigenvalue weighted by Crippen LogP contribution is -2.28. The van der Waals surface area contributed by atoms with E-state index in [2.05, 4.69) is 41.0 Å². The largest absolute Gasteiger partial charge is 0.473 e. The minimum atomic E-state index is 0.276. The Balaban J connectivity index is 1.30. The van der Waals surface area contributed by atoms with E-state index in [4.69, 9.17) is 4.74 Å². The highest BCUT2D eigenvalue weighted by Crippen LogP contribution is 2.40. The van der Waals surface area contributed by atoms with Gasteiger partial charge in [-0.3, -0.25) is 4.68 Å². The Hall–Kier alpha value is -1.95. The Kier molecular flexibility index (Phi) is 5.17. The summed E-state index contributed by atoms with van der Waals surface area (Å²) in [6, 6.07) is 3.93. The topological polar surface area (TPSA) is 56.1 Å². The third-order valence-electron chi connectivity index (χ3n) is 6.25. The molecule has 3 atom stereocenters. The van der Waals surface area contributed by atoms with E-state index in [9.17, 15) is 0 Å². The van der Waals surface area contributed by atoms with E-state index in [-0.39, 0.29) is 6.10 Å². The van der Waals surface area contributed by atoms with Gasteiger partial charge in [-0.25, -0.2) is 0 Å². The molecule has 0 spiro atoms. The molecule has 3 heterocycles. The van der Waals surface area contributed by atoms with Crippen molar-refractivity contribution in [2.24, 2.45) is 24.3 Å². The van der Waals surface area contributed by atoms with Gasteiger partial charge in [-0.05, 0) is 61.6 Å². The Morgan fingerprint density at radius 1 is 1.11 bits per heavy atom. The second-order valence-electron chi connectivity index (χ2n) is 9.86. The SMILES string of the molecule is Cc1cnn(C)c1-c1ccc(O[C@@H]2C[C@@H]3CN(CCC(C)(C)C)C[C@@H]3C2)nn1. The number of aromatic nitrogens is 4. The van der Waals surface area contributed by atoms with Crippen molar-refractivity contribution in [3.8, 4) is 17.3 Å². The summed E-state index contributed by atoms with van der Waals surface area (Å²) < 4.78 is 8.02. The summed E-state index contributed by atoms with van der Waals surface area (Å²) in [5, 5.41) is 13.0. The highest BCUT2D eigenvalue weighted by molar-refractivity contribution is 5.58. The molecule has 0 radical (unpaired) electrons. The Bertz CT molecular complexity index is 774. The molecule has 0 unspecified atom stereocenters. The Morgan fingerprint density at radius 3 is 2.36 bits per heavy atom. The van der Waals surface area contributed by atoms with Gasteiger partial charge >= 0.3 is 0 Å². The summed E-state index contributed by atoms with van der Waals surface area (Å²) in [5.74, 6) is 2.18. The molecule has 1 aliphatic heterocycles. The van der Waals surface area contributed by atoms with Crippen LogP contribution >= 0.6 is 0 Å². The van der Waals surface area contributed by atoms with E-state index in [1.165, 1.54) is 26.1 Å². The van der Waals surface area contributed by atoms with Crippen LogP contribution in [-0.4, -0.2) is 50.6 Å². The van der Waals surface area contributed by atoms with Crippen LogP contribution < -0.4 is 4.74 Å². The fourth-order valence-electron chi connectivity index (χ4n) is 4.71. The number of ether oxygens (including phenoxy) is 1. The van der Waals surface area contributed by atoms with Crippen LogP contribution in [0, 0.1) is 24.2 Å². The van der Waals surface area contributed by atoms with Gasteiger partial charge in [-0.2, -0.15) is 5.10 Å². The number of aryl methyl sites for hydroxylation is 2. The molecule has 0 amide bonds. The summed E-state index contributed by atoms with van der Waals surface area (Å²) in [6.07, 6.45) is 5.67. The molecule has 4 rings (SSSR count). The zero-order valence-electron chi connectivity index (χ0n) is 17.9. The predicted molar refractivity (Wildman–Crippen MR) is 110 cm³/mol. The Morgan fingerprint density at radius 2 is 1.82 bits per heavy atom. The number of fused-ring (bicyclic) bond motifs is 1. The number of nitrogens with zero attached hydrogens (tertiary/aromatic N) is 5. The highest BCUT2D eigenvalue weighted by atomic mass is 16.5. The molecule has 2 aliphatic rings. The molecule has 6 nitrogen and oxygen atoms in total. The fraction of sp³-hybridized carbons (Fsp3) is 0.682. The average molecular weight is 384 g/mol. The molecular formula is C22H33N5O. The predicted octanol–water partition coefficient (Wildman–Crippen LogP) is 3.71. The van der Waals surface area contributed by atoms with Crippen LogP contribution in [0.5, 0.6) is 5.88 Å². The number of likely N-dealkylation sites (tertiary alicyclic amines) is 1. The van der Waals surface area contributed by atoms with Gasteiger partial charge in [0.15, 0.2) is 0 Å². The van der Waals surface area contributed by atoms with E-state index in [1.54, 1.807) is 0 Å². The molecule has 2 fully saturated rings. The highest BCUT2D eigenvalue weighted by Gasteiger charge is 2.41. The fourth-order valence-corrected chi connectivity index (χ4v) is 4.71. The van der Waals surface area contributed by atoms with Crippen molar-refractivity contribution in [1.82, 2.24) is 24.9 Å². The van der Waals surface area contributed by atoms with Crippen LogP contribution in [0.4, 0.5) is 0 Å². The molecular weight excluding hydrogens is 350 g/mol. The second-order valence-corrected chi connectivity index (χ2v) is 9.86. The van der Waals surface area contributed by atoms with Crippen LogP contribution in [0.25, 0.3) is 11.4 Å². The van der Waals surface area contributed by atoms with Crippen LogP contribution in [0.2, 0.25) is 0 Å². The van der Waals surface area contributed by atoms with Crippen molar-refractivity contribution in [3.63, 3.8) is 0 Å². The van der Waals surface area contributed by atoms with E-state index in [0.29, 0.717) is 11.3 Å². The third-order valence-corrected chi connectivity index (χ3v) is 6.25. The van der Waals surface area contributed by atoms with Crippen LogP contribution in [0.3, 0.4) is 0 Å². The molecule has 1 saturated carbocycles. The van der Waals surface area contributed by atoms with Gasteiger partial charge in [0.05, 0.1) is 11.9 Å². The smallest absolute Gasteiger partial charge is 0.233 e. The minimum absolute atomic E-state index is 0.276. The number of hydrogen-bond donors (Lipinski definition) is 0. The molecule has 2 aromatic rings. The van der Waals surface area contributed by atoms with Crippen LogP contribution in [0.1, 0.15) is 45.6 Å². The normalized spacial score (nSPS) is 25.2. The Labute approximate surface area is 168 Å². The third kappa shape index (κ3) is 4.22. The first kappa shape index (κ1) is 19.4. The van der Waals surface area contributed by atoms with Gasteiger partial charge in [-0.1, -0.05) is 20.8 Å². The zero-order valence-corrected chi connectivity index (χ0v) is 17.9. The van der Waals surface area contributed by atoms with Crippen LogP contribution in [0.15, 0.2) is 18.3 Å². The van der Waals surface area contributed by atoms with Gasteiger partial charge in [-0.15, -0.1) is 10.2 Å². The lowest BCUT2D eigenvalue weighted by molar-refractivity contribution is 0.173. The molecule has 0 N–H and O–H groups in total. The lowest BCUT2D eigenvalue weighted by atomic mass is 9.92. The van der Waals surface area contributed by atoms with E-state index < -0.39 is 0 Å². The summed E-state index contributed by atoms with van der Waals surface area (Å²) in [7, 11) is 1.93. The quantitative estimate of drug-likeness (QED) is 0.788. The molecule has 2 aromatic heterocycles. The minimum Gasteiger partial charge on any atom is -0.473 e. The summed E-state index contributed by atoms with van der Waals surface area (Å²) in [6.45, 7) is 12.7. The van der Waals surface area contributed by atoms with Crippen molar-refractivity contribution in [1.29, 1.82) is 0 Å². The molecule has 28 heavy (non-hydrogen) atoms. The van der Waals surface area contributed by atoms with Gasteiger partial charge < -0.3 is 9.64 Å². The summed E-state index contributed by atoms with van der Waals surface area (Å²) in [4.78, 5) is 2.65. The maximum atomic E-state index is 6.18. The molecule has 1 aliphatic carbocycles. The van der Waals surface area contributed by atoms with Gasteiger partial charge in [0.1, 0.15) is 11.8 Å². The number of hydrogen-bond acceptors (Lipinski definition) is 5. The zero-order chi connectivity index (χ0) is 19.9. The first-order valence-corrected chi connectivity index (χ1v) is 10.5. The first-order chi connectivity index (χ1) is 13.3. The summed E-state index contributed by atoms with van der Waals surface area (Å²) in [5.41, 5.74) is 3.36. The average Bonchev–Trinajstić information content (AvgIpc) is 3.27. The van der Waals surface area contributed by atoms with Crippen molar-refractivity contribution >= 4 is 0 Å². The van der Waals surface area contributed by atoms with Gasteiger partial charge in [0.25, 0.3) is 0 Å². The van der Waals surface area contributed by atoms with E-state index >= 15 is 0 Å². The van der Waals surface area contributed by atoms with Crippen molar-refractivity contribution < 1.29 is 4.74 Å². The molecule has 152 valence electrons. The van der Waals surface area contributed by atoms with Crippen molar-refractivity contribution in [2.45, 2.75) is 53.1 Å². The maximum Gasteiger partial charge on any atom is 0.233 e. The monoisotopic (exact) mass is 383 g/mol. The molecule has 0 bridgehead atoms. The lowest BCUT2D eigenvalue weighted by Gasteiger charge is -2.24. The molecule has 1 saturated heterocycles.